The SMILES string of the molecule is CCCCCC(=O)/C=C/C=C\C/C=C\C/C=C\CCCC(=O)OC[C@H](O)COC(=O)CCCCCCCCC(C)C. The van der Waals surface area contributed by atoms with E-state index < -0.39 is 6.10 Å². The van der Waals surface area contributed by atoms with E-state index in [2.05, 4.69) is 39.0 Å². The third-order valence-electron chi connectivity index (χ3n) is 6.47. The van der Waals surface area contributed by atoms with Crippen molar-refractivity contribution in [2.45, 2.75) is 136 Å². The molecular formula is C35H58O6. The quantitative estimate of drug-likeness (QED) is 0.0348. The zero-order valence-corrected chi connectivity index (χ0v) is 26.2. The summed E-state index contributed by atoms with van der Waals surface area (Å²) in [7, 11) is 0. The van der Waals surface area contributed by atoms with Crippen LogP contribution in [-0.2, 0) is 23.9 Å². The maximum Gasteiger partial charge on any atom is 0.305 e. The highest BCUT2D eigenvalue weighted by atomic mass is 16.6. The molecule has 0 aliphatic carbocycles. The molecule has 0 bridgehead atoms. The number of hydrogen-bond acceptors (Lipinski definition) is 6. The summed E-state index contributed by atoms with van der Waals surface area (Å²) < 4.78 is 10.2. The second-order valence-corrected chi connectivity index (χ2v) is 11.1. The highest BCUT2D eigenvalue weighted by Gasteiger charge is 2.12. The number of aliphatic hydroxyl groups excluding tert-OH is 1. The molecule has 41 heavy (non-hydrogen) atoms. The first kappa shape index (κ1) is 38.5. The molecule has 1 atom stereocenters. The predicted octanol–water partition coefficient (Wildman–Crippen LogP) is 8.54. The van der Waals surface area contributed by atoms with Gasteiger partial charge in [0.1, 0.15) is 19.3 Å². The van der Waals surface area contributed by atoms with Crippen LogP contribution in [0.25, 0.3) is 0 Å². The highest BCUT2D eigenvalue weighted by molar-refractivity contribution is 5.89. The summed E-state index contributed by atoms with van der Waals surface area (Å²) in [6.45, 7) is 6.31. The Bertz CT molecular complexity index is 778. The van der Waals surface area contributed by atoms with Crippen molar-refractivity contribution in [2.75, 3.05) is 13.2 Å². The van der Waals surface area contributed by atoms with E-state index in [0.717, 1.165) is 63.7 Å². The first-order valence-electron chi connectivity index (χ1n) is 16.0. The van der Waals surface area contributed by atoms with Crippen molar-refractivity contribution in [2.24, 2.45) is 5.92 Å². The summed E-state index contributed by atoms with van der Waals surface area (Å²) in [5, 5.41) is 9.92. The Morgan fingerprint density at radius 3 is 1.88 bits per heavy atom. The minimum atomic E-state index is -1.00. The summed E-state index contributed by atoms with van der Waals surface area (Å²) in [5.74, 6) is 0.280. The lowest BCUT2D eigenvalue weighted by atomic mass is 10.0. The van der Waals surface area contributed by atoms with Crippen molar-refractivity contribution in [3.05, 3.63) is 48.6 Å². The molecule has 0 amide bonds. The van der Waals surface area contributed by atoms with Gasteiger partial charge in [0.25, 0.3) is 0 Å². The number of ketones is 1. The van der Waals surface area contributed by atoms with E-state index in [4.69, 9.17) is 9.47 Å². The topological polar surface area (TPSA) is 89.9 Å². The summed E-state index contributed by atoms with van der Waals surface area (Å²) in [5.41, 5.74) is 0. The first-order valence-corrected chi connectivity index (χ1v) is 16.0. The fraction of sp³-hybridized carbons (Fsp3) is 0.686. The van der Waals surface area contributed by atoms with Crippen molar-refractivity contribution >= 4 is 17.7 Å². The van der Waals surface area contributed by atoms with Crippen molar-refractivity contribution in [1.29, 1.82) is 0 Å². The molecule has 0 radical (unpaired) electrons. The van der Waals surface area contributed by atoms with Crippen LogP contribution in [0.4, 0.5) is 0 Å². The fourth-order valence-electron chi connectivity index (χ4n) is 3.98. The number of hydrogen-bond donors (Lipinski definition) is 1. The third kappa shape index (κ3) is 30.3. The van der Waals surface area contributed by atoms with Gasteiger partial charge in [-0.15, -0.1) is 0 Å². The molecule has 0 saturated carbocycles. The van der Waals surface area contributed by atoms with Crippen LogP contribution >= 0.6 is 0 Å². The molecule has 234 valence electrons. The Hall–Kier alpha value is -2.47. The molecule has 0 heterocycles. The molecule has 0 unspecified atom stereocenters. The molecule has 0 aromatic carbocycles. The summed E-state index contributed by atoms with van der Waals surface area (Å²) in [6.07, 6.45) is 30.2. The largest absolute Gasteiger partial charge is 0.463 e. The number of unbranched alkanes of at least 4 members (excludes halogenated alkanes) is 8. The van der Waals surface area contributed by atoms with Gasteiger partial charge in [-0.2, -0.15) is 0 Å². The maximum absolute atomic E-state index is 11.9. The van der Waals surface area contributed by atoms with E-state index in [1.807, 2.05) is 24.3 Å². The Morgan fingerprint density at radius 2 is 1.22 bits per heavy atom. The van der Waals surface area contributed by atoms with Crippen LogP contribution in [0.15, 0.2) is 48.6 Å². The van der Waals surface area contributed by atoms with Crippen molar-refractivity contribution < 1.29 is 29.0 Å². The van der Waals surface area contributed by atoms with E-state index in [0.29, 0.717) is 19.3 Å². The van der Waals surface area contributed by atoms with Gasteiger partial charge in [0.2, 0.25) is 0 Å². The monoisotopic (exact) mass is 574 g/mol. The number of aliphatic hydroxyl groups is 1. The van der Waals surface area contributed by atoms with Crippen molar-refractivity contribution in [3.8, 4) is 0 Å². The van der Waals surface area contributed by atoms with Crippen LogP contribution in [0.1, 0.15) is 130 Å². The van der Waals surface area contributed by atoms with E-state index >= 15 is 0 Å². The summed E-state index contributed by atoms with van der Waals surface area (Å²) in [6, 6.07) is 0. The Labute approximate surface area is 250 Å². The van der Waals surface area contributed by atoms with Gasteiger partial charge in [-0.05, 0) is 50.5 Å². The molecule has 0 aliphatic rings. The van der Waals surface area contributed by atoms with Gasteiger partial charge in [0.15, 0.2) is 5.78 Å². The van der Waals surface area contributed by atoms with Crippen LogP contribution in [-0.4, -0.2) is 42.1 Å². The third-order valence-corrected chi connectivity index (χ3v) is 6.47. The second kappa shape index (κ2) is 29.0. The zero-order valence-electron chi connectivity index (χ0n) is 26.2. The van der Waals surface area contributed by atoms with Gasteiger partial charge in [0, 0.05) is 19.3 Å². The van der Waals surface area contributed by atoms with Crippen molar-refractivity contribution in [1.82, 2.24) is 0 Å². The molecule has 1 N–H and O–H groups in total. The molecule has 0 spiro atoms. The van der Waals surface area contributed by atoms with Gasteiger partial charge < -0.3 is 14.6 Å². The summed E-state index contributed by atoms with van der Waals surface area (Å²) in [4.78, 5) is 35.3. The molecule has 0 fully saturated rings. The number of ether oxygens (including phenoxy) is 2. The Morgan fingerprint density at radius 1 is 0.659 bits per heavy atom. The maximum atomic E-state index is 11.9. The predicted molar refractivity (Wildman–Crippen MR) is 168 cm³/mol. The van der Waals surface area contributed by atoms with E-state index in [9.17, 15) is 19.5 Å². The Balaban J connectivity index is 3.67. The van der Waals surface area contributed by atoms with Crippen molar-refractivity contribution in [3.63, 3.8) is 0 Å². The molecule has 0 rings (SSSR count). The number of rotatable bonds is 27. The lowest BCUT2D eigenvalue weighted by molar-refractivity contribution is -0.152. The molecule has 6 heteroatoms. The zero-order chi connectivity index (χ0) is 30.4. The average Bonchev–Trinajstić information content (AvgIpc) is 2.94. The lowest BCUT2D eigenvalue weighted by Gasteiger charge is -2.12. The van der Waals surface area contributed by atoms with E-state index in [-0.39, 0.29) is 37.4 Å². The van der Waals surface area contributed by atoms with Crippen LogP contribution in [0, 0.1) is 5.92 Å². The van der Waals surface area contributed by atoms with Gasteiger partial charge in [-0.25, -0.2) is 0 Å². The fourth-order valence-corrected chi connectivity index (χ4v) is 3.98. The van der Waals surface area contributed by atoms with Crippen LogP contribution in [0.3, 0.4) is 0 Å². The molecule has 0 aromatic rings. The van der Waals surface area contributed by atoms with Gasteiger partial charge >= 0.3 is 11.9 Å². The van der Waals surface area contributed by atoms with E-state index in [1.165, 1.54) is 25.7 Å². The Kier molecular flexibility index (Phi) is 27.3. The van der Waals surface area contributed by atoms with Crippen LogP contribution < -0.4 is 0 Å². The standard InChI is InChI=1S/C35H58O6/c1-4-5-19-25-32(36)26-21-16-11-9-7-6-8-10-12-17-22-27-34(38)40-29-33(37)30-41-35(39)28-23-18-14-13-15-20-24-31(2)3/h6-7,10-12,16,21,26,31,33,37H,4-5,8-9,13-15,17-20,22-25,27-30H2,1-3H3/b7-6-,12-10-,16-11-,26-21+/t33-/m0/s1. The lowest BCUT2D eigenvalue weighted by Crippen LogP contribution is -2.25. The van der Waals surface area contributed by atoms with E-state index in [1.54, 1.807) is 6.08 Å². The first-order chi connectivity index (χ1) is 19.8. The van der Waals surface area contributed by atoms with Gasteiger partial charge in [0.05, 0.1) is 0 Å². The molecule has 6 nitrogen and oxygen atoms in total. The minimum Gasteiger partial charge on any atom is -0.463 e. The molecule has 0 saturated heterocycles. The highest BCUT2D eigenvalue weighted by Crippen LogP contribution is 2.12. The number of allylic oxidation sites excluding steroid dienone is 8. The smallest absolute Gasteiger partial charge is 0.305 e. The number of esters is 2. The second-order valence-electron chi connectivity index (χ2n) is 11.1. The minimum absolute atomic E-state index is 0.150. The molecule has 0 aromatic heterocycles. The number of carbonyl (C=O) groups excluding carboxylic acids is 3. The van der Waals surface area contributed by atoms with Gasteiger partial charge in [-0.1, -0.05) is 115 Å². The molecular weight excluding hydrogens is 516 g/mol. The number of carbonyl (C=O) groups is 3. The normalized spacial score (nSPS) is 12.8. The average molecular weight is 575 g/mol. The van der Waals surface area contributed by atoms with Gasteiger partial charge in [-0.3, -0.25) is 14.4 Å². The van der Waals surface area contributed by atoms with Crippen LogP contribution in [0.5, 0.6) is 0 Å². The summed E-state index contributed by atoms with van der Waals surface area (Å²) >= 11 is 0. The molecule has 0 aliphatic heterocycles. The van der Waals surface area contributed by atoms with Crippen LogP contribution in [0.2, 0.25) is 0 Å².